The molecule has 1 aliphatic heterocycles. The second-order valence-corrected chi connectivity index (χ2v) is 10.3. The molecule has 0 radical (unpaired) electrons. The maximum Gasteiger partial charge on any atom is 0.225 e. The summed E-state index contributed by atoms with van der Waals surface area (Å²) in [6.07, 6.45) is 1.19. The average molecular weight is 462 g/mol. The van der Waals surface area contributed by atoms with E-state index in [0.29, 0.717) is 17.3 Å². The largest absolute Gasteiger partial charge is 0.494 e. The van der Waals surface area contributed by atoms with Crippen molar-refractivity contribution in [2.24, 2.45) is 0 Å². The molecule has 1 amide bonds. The van der Waals surface area contributed by atoms with Crippen molar-refractivity contribution in [3.05, 3.63) is 69.4 Å². The number of rotatable bonds is 6. The molecule has 8 heteroatoms. The van der Waals surface area contributed by atoms with Crippen molar-refractivity contribution < 1.29 is 17.9 Å². The van der Waals surface area contributed by atoms with Crippen LogP contribution in [0.5, 0.6) is 5.75 Å². The van der Waals surface area contributed by atoms with Gasteiger partial charge in [0.1, 0.15) is 10.6 Å². The van der Waals surface area contributed by atoms with E-state index in [4.69, 9.17) is 16.3 Å². The number of nitrogens with one attached hydrogen (secondary N) is 1. The fraction of sp³-hybridized carbons (Fsp3) is 0.227. The molecule has 0 fully saturated rings. The molecule has 1 atom stereocenters. The molecule has 4 rings (SSSR count). The van der Waals surface area contributed by atoms with E-state index in [-0.39, 0.29) is 28.0 Å². The Morgan fingerprint density at radius 3 is 2.50 bits per heavy atom. The highest BCUT2D eigenvalue weighted by atomic mass is 35.5. The third-order valence-corrected chi connectivity index (χ3v) is 8.22. The molecule has 0 aliphatic carbocycles. The Bertz CT molecular complexity index is 1170. The van der Waals surface area contributed by atoms with Crippen LogP contribution in [0.15, 0.2) is 63.7 Å². The van der Waals surface area contributed by atoms with E-state index in [0.717, 1.165) is 22.6 Å². The van der Waals surface area contributed by atoms with E-state index < -0.39 is 9.84 Å². The molecule has 0 bridgehead atoms. The fourth-order valence-electron chi connectivity index (χ4n) is 3.43. The quantitative estimate of drug-likeness (QED) is 0.526. The summed E-state index contributed by atoms with van der Waals surface area (Å²) in [6.45, 7) is 2.69. The number of fused-ring (bicyclic) bond motifs is 1. The maximum absolute atomic E-state index is 13.2. The number of carbonyl (C=O) groups excluding carboxylic acids is 1. The number of amides is 1. The van der Waals surface area contributed by atoms with Gasteiger partial charge < -0.3 is 10.1 Å². The Hall–Kier alpha value is -2.35. The molecule has 2 aromatic carbocycles. The van der Waals surface area contributed by atoms with Crippen molar-refractivity contribution in [1.29, 1.82) is 0 Å². The van der Waals surface area contributed by atoms with Gasteiger partial charge in [0.2, 0.25) is 15.7 Å². The molecule has 3 aromatic rings. The summed E-state index contributed by atoms with van der Waals surface area (Å²) in [5.41, 5.74) is 1.33. The van der Waals surface area contributed by atoms with Crippen LogP contribution in [0.4, 0.5) is 5.69 Å². The lowest BCUT2D eigenvalue weighted by atomic mass is 9.90. The summed E-state index contributed by atoms with van der Waals surface area (Å²) >= 11 is 7.24. The van der Waals surface area contributed by atoms with Gasteiger partial charge >= 0.3 is 0 Å². The van der Waals surface area contributed by atoms with Gasteiger partial charge in [0.15, 0.2) is 0 Å². The third-order valence-electron chi connectivity index (χ3n) is 4.92. The van der Waals surface area contributed by atoms with E-state index in [1.807, 2.05) is 31.2 Å². The van der Waals surface area contributed by atoms with E-state index in [9.17, 15) is 13.2 Å². The van der Waals surface area contributed by atoms with Crippen LogP contribution in [0.3, 0.4) is 0 Å². The number of sulfone groups is 1. The van der Waals surface area contributed by atoms with Crippen LogP contribution >= 0.6 is 22.9 Å². The van der Waals surface area contributed by atoms with E-state index >= 15 is 0 Å². The fourth-order valence-corrected chi connectivity index (χ4v) is 6.46. The number of halogens is 1. The predicted molar refractivity (Wildman–Crippen MR) is 119 cm³/mol. The summed E-state index contributed by atoms with van der Waals surface area (Å²) in [5, 5.41) is 4.84. The number of thiophene rings is 1. The summed E-state index contributed by atoms with van der Waals surface area (Å²) in [7, 11) is -3.78. The van der Waals surface area contributed by atoms with Crippen molar-refractivity contribution in [2.75, 3.05) is 11.9 Å². The Kier molecular flexibility index (Phi) is 5.86. The van der Waals surface area contributed by atoms with E-state index in [1.165, 1.54) is 35.6 Å². The lowest BCUT2D eigenvalue weighted by Gasteiger charge is -2.24. The second-order valence-electron chi connectivity index (χ2n) is 7.02. The molecule has 0 spiro atoms. The van der Waals surface area contributed by atoms with Gasteiger partial charge in [-0.2, -0.15) is 0 Å². The highest BCUT2D eigenvalue weighted by molar-refractivity contribution is 7.91. The first-order chi connectivity index (χ1) is 14.4. The van der Waals surface area contributed by atoms with Gasteiger partial charge in [0.25, 0.3) is 0 Å². The van der Waals surface area contributed by atoms with Gasteiger partial charge in [-0.25, -0.2) is 8.42 Å². The normalized spacial score (nSPS) is 16.1. The van der Waals surface area contributed by atoms with E-state index in [2.05, 4.69) is 5.32 Å². The first-order valence-corrected chi connectivity index (χ1v) is 12.3. The number of benzene rings is 2. The molecule has 0 unspecified atom stereocenters. The predicted octanol–water partition coefficient (Wildman–Crippen LogP) is 5.50. The first kappa shape index (κ1) is 20.9. The van der Waals surface area contributed by atoms with Gasteiger partial charge in [-0.15, -0.1) is 11.3 Å². The lowest BCUT2D eigenvalue weighted by molar-refractivity contribution is -0.116. The Morgan fingerprint density at radius 1 is 1.13 bits per heavy atom. The molecule has 1 aliphatic rings. The first-order valence-electron chi connectivity index (χ1n) is 9.54. The van der Waals surface area contributed by atoms with Crippen molar-refractivity contribution in [3.63, 3.8) is 0 Å². The highest BCUT2D eigenvalue weighted by Gasteiger charge is 2.34. The molecule has 1 aromatic heterocycles. The third kappa shape index (κ3) is 3.97. The van der Waals surface area contributed by atoms with Crippen molar-refractivity contribution in [2.45, 2.75) is 35.5 Å². The molecule has 0 saturated heterocycles. The topological polar surface area (TPSA) is 72.5 Å². The molecular weight excluding hydrogens is 442 g/mol. The number of carbonyl (C=O) groups is 1. The van der Waals surface area contributed by atoms with Gasteiger partial charge in [0, 0.05) is 27.6 Å². The SMILES string of the molecule is CCCOc1ccc([C@@H]2CC(=O)Nc3c(S(=O)(=O)c4ccc(Cl)cc4)csc32)cc1. The summed E-state index contributed by atoms with van der Waals surface area (Å²) < 4.78 is 32.0. The van der Waals surface area contributed by atoms with Crippen molar-refractivity contribution in [3.8, 4) is 5.75 Å². The van der Waals surface area contributed by atoms with Crippen LogP contribution < -0.4 is 10.1 Å². The minimum absolute atomic E-state index is 0.116. The number of hydrogen-bond acceptors (Lipinski definition) is 5. The monoisotopic (exact) mass is 461 g/mol. The number of hydrogen-bond donors (Lipinski definition) is 1. The zero-order valence-corrected chi connectivity index (χ0v) is 18.6. The molecular formula is C22H20ClNO4S2. The summed E-state index contributed by atoms with van der Waals surface area (Å²) in [6, 6.07) is 13.7. The Balaban J connectivity index is 1.71. The van der Waals surface area contributed by atoms with Crippen molar-refractivity contribution >= 4 is 44.4 Å². The molecule has 30 heavy (non-hydrogen) atoms. The minimum Gasteiger partial charge on any atom is -0.494 e. The van der Waals surface area contributed by atoms with Crippen LogP contribution in [0.2, 0.25) is 5.02 Å². The van der Waals surface area contributed by atoms with Gasteiger partial charge in [-0.1, -0.05) is 30.7 Å². The zero-order chi connectivity index (χ0) is 21.3. The highest BCUT2D eigenvalue weighted by Crippen LogP contribution is 2.46. The summed E-state index contributed by atoms with van der Waals surface area (Å²) in [5.74, 6) is 0.371. The van der Waals surface area contributed by atoms with Crippen LogP contribution in [-0.4, -0.2) is 20.9 Å². The van der Waals surface area contributed by atoms with Crippen LogP contribution in [-0.2, 0) is 14.6 Å². The molecule has 156 valence electrons. The van der Waals surface area contributed by atoms with Crippen molar-refractivity contribution in [1.82, 2.24) is 0 Å². The van der Waals surface area contributed by atoms with Gasteiger partial charge in [-0.05, 0) is 48.4 Å². The van der Waals surface area contributed by atoms with E-state index in [1.54, 1.807) is 5.38 Å². The number of ether oxygens (including phenoxy) is 1. The molecule has 0 saturated carbocycles. The summed E-state index contributed by atoms with van der Waals surface area (Å²) in [4.78, 5) is 13.5. The van der Waals surface area contributed by atoms with Crippen LogP contribution in [0, 0.1) is 0 Å². The van der Waals surface area contributed by atoms with Gasteiger partial charge in [-0.3, -0.25) is 4.79 Å². The second kappa shape index (κ2) is 8.41. The Labute approximate surface area is 184 Å². The number of anilines is 1. The minimum atomic E-state index is -3.78. The van der Waals surface area contributed by atoms with Crippen LogP contribution in [0.25, 0.3) is 0 Å². The molecule has 2 heterocycles. The maximum atomic E-state index is 13.2. The van der Waals surface area contributed by atoms with Gasteiger partial charge in [0.05, 0.1) is 17.2 Å². The zero-order valence-electron chi connectivity index (χ0n) is 16.2. The smallest absolute Gasteiger partial charge is 0.225 e. The molecule has 1 N–H and O–H groups in total. The Morgan fingerprint density at radius 2 is 1.83 bits per heavy atom. The lowest BCUT2D eigenvalue weighted by Crippen LogP contribution is -2.23. The molecule has 5 nitrogen and oxygen atoms in total. The standard InChI is InChI=1S/C22H20ClNO4S2/c1-2-11-28-16-7-3-14(4-8-16)18-12-20(25)24-21-19(13-29-22(18)21)30(26,27)17-9-5-15(23)6-10-17/h3-10,13,18H,2,11-12H2,1H3,(H,24,25)/t18-/m0/s1. The average Bonchev–Trinajstić information content (AvgIpc) is 3.17. The van der Waals surface area contributed by atoms with Crippen LogP contribution in [0.1, 0.15) is 36.1 Å².